The Hall–Kier alpha value is -3.20. The van der Waals surface area contributed by atoms with Crippen LogP contribution in [-0.2, 0) is 4.79 Å². The molecule has 0 bridgehead atoms. The molecule has 2 aromatic heterocycles. The molecule has 30 heavy (non-hydrogen) atoms. The zero-order chi connectivity index (χ0) is 21.3. The fraction of sp³-hybridized carbons (Fsp3) is 0.238. The van der Waals surface area contributed by atoms with E-state index in [9.17, 15) is 14.0 Å². The Bertz CT molecular complexity index is 1120. The minimum absolute atomic E-state index is 0.0975. The largest absolute Gasteiger partial charge is 0.461 e. The van der Waals surface area contributed by atoms with Crippen LogP contribution in [0.3, 0.4) is 0 Å². The zero-order valence-corrected chi connectivity index (χ0v) is 17.3. The molecule has 1 saturated heterocycles. The molecular weight excluding hydrogens is 407 g/mol. The SMILES string of the molecule is CSc1nc(-c2ccco2)nc(C)c1C(=O)Nc1ccc(N2CCCC2=O)c(F)c1. The van der Waals surface area contributed by atoms with Crippen LogP contribution in [0.5, 0.6) is 0 Å². The van der Waals surface area contributed by atoms with E-state index in [1.54, 1.807) is 25.1 Å². The van der Waals surface area contributed by atoms with E-state index in [1.807, 2.05) is 6.26 Å². The lowest BCUT2D eigenvalue weighted by Crippen LogP contribution is -2.24. The maximum atomic E-state index is 14.6. The Morgan fingerprint density at radius 1 is 1.30 bits per heavy atom. The summed E-state index contributed by atoms with van der Waals surface area (Å²) >= 11 is 1.31. The van der Waals surface area contributed by atoms with E-state index in [0.29, 0.717) is 47.3 Å². The van der Waals surface area contributed by atoms with Crippen LogP contribution in [0.2, 0.25) is 0 Å². The molecule has 0 radical (unpaired) electrons. The maximum Gasteiger partial charge on any atom is 0.260 e. The number of aryl methyl sites for hydroxylation is 1. The smallest absolute Gasteiger partial charge is 0.260 e. The second-order valence-corrected chi connectivity index (χ2v) is 7.56. The van der Waals surface area contributed by atoms with Gasteiger partial charge < -0.3 is 14.6 Å². The van der Waals surface area contributed by atoms with Crippen molar-refractivity contribution >= 4 is 35.0 Å². The Kier molecular flexibility index (Phi) is 5.54. The number of carbonyl (C=O) groups is 2. The van der Waals surface area contributed by atoms with Crippen LogP contribution >= 0.6 is 11.8 Å². The van der Waals surface area contributed by atoms with Gasteiger partial charge >= 0.3 is 0 Å². The first kappa shape index (κ1) is 20.1. The highest BCUT2D eigenvalue weighted by Crippen LogP contribution is 2.29. The van der Waals surface area contributed by atoms with Crippen molar-refractivity contribution in [1.29, 1.82) is 0 Å². The lowest BCUT2D eigenvalue weighted by molar-refractivity contribution is -0.117. The van der Waals surface area contributed by atoms with E-state index in [0.717, 1.165) is 0 Å². The summed E-state index contributed by atoms with van der Waals surface area (Å²) < 4.78 is 19.9. The molecule has 0 spiro atoms. The number of amides is 2. The first-order valence-corrected chi connectivity index (χ1v) is 10.6. The fourth-order valence-corrected chi connectivity index (χ4v) is 3.99. The van der Waals surface area contributed by atoms with Gasteiger partial charge in [0, 0.05) is 18.7 Å². The molecule has 1 aliphatic rings. The van der Waals surface area contributed by atoms with Crippen molar-refractivity contribution in [3.05, 3.63) is 53.7 Å². The van der Waals surface area contributed by atoms with Gasteiger partial charge in [-0.2, -0.15) is 0 Å². The van der Waals surface area contributed by atoms with Gasteiger partial charge in [-0.3, -0.25) is 9.59 Å². The highest BCUT2D eigenvalue weighted by atomic mass is 32.2. The number of hydrogen-bond donors (Lipinski definition) is 1. The van der Waals surface area contributed by atoms with Crippen molar-refractivity contribution in [3.63, 3.8) is 0 Å². The lowest BCUT2D eigenvalue weighted by atomic mass is 10.2. The summed E-state index contributed by atoms with van der Waals surface area (Å²) in [7, 11) is 0. The Labute approximate surface area is 176 Å². The quantitative estimate of drug-likeness (QED) is 0.484. The van der Waals surface area contributed by atoms with Gasteiger partial charge in [0.15, 0.2) is 11.6 Å². The molecule has 7 nitrogen and oxygen atoms in total. The van der Waals surface area contributed by atoms with Gasteiger partial charge in [-0.25, -0.2) is 14.4 Å². The summed E-state index contributed by atoms with van der Waals surface area (Å²) in [4.78, 5) is 35.0. The van der Waals surface area contributed by atoms with Crippen LogP contribution in [0.25, 0.3) is 11.6 Å². The standard InChI is InChI=1S/C21H19FN4O3S/c1-12-18(21(30-2)25-19(23-12)16-5-4-10-29-16)20(28)24-13-7-8-15(14(22)11-13)26-9-3-6-17(26)27/h4-5,7-8,10-11H,3,6,9H2,1-2H3,(H,24,28). The number of thioether (sulfide) groups is 1. The van der Waals surface area contributed by atoms with Crippen LogP contribution < -0.4 is 10.2 Å². The van der Waals surface area contributed by atoms with Crippen molar-refractivity contribution in [2.75, 3.05) is 23.0 Å². The minimum Gasteiger partial charge on any atom is -0.461 e. The topological polar surface area (TPSA) is 88.3 Å². The molecule has 9 heteroatoms. The van der Waals surface area contributed by atoms with Gasteiger partial charge in [-0.05, 0) is 49.9 Å². The number of benzene rings is 1. The van der Waals surface area contributed by atoms with E-state index in [1.165, 1.54) is 35.1 Å². The summed E-state index contributed by atoms with van der Waals surface area (Å²) in [6, 6.07) is 7.78. The van der Waals surface area contributed by atoms with Gasteiger partial charge in [0.2, 0.25) is 5.91 Å². The summed E-state index contributed by atoms with van der Waals surface area (Å²) in [5, 5.41) is 3.19. The second kappa shape index (κ2) is 8.27. The summed E-state index contributed by atoms with van der Waals surface area (Å²) in [5.41, 5.74) is 1.31. The number of anilines is 2. The molecule has 1 aromatic carbocycles. The van der Waals surface area contributed by atoms with Crippen LogP contribution in [-0.4, -0.2) is 34.6 Å². The molecule has 0 unspecified atom stereocenters. The van der Waals surface area contributed by atoms with Crippen LogP contribution in [0.4, 0.5) is 15.8 Å². The predicted molar refractivity (Wildman–Crippen MR) is 112 cm³/mol. The molecule has 0 atom stereocenters. The minimum atomic E-state index is -0.561. The number of nitrogens with one attached hydrogen (secondary N) is 1. The van der Waals surface area contributed by atoms with Gasteiger partial charge in [-0.15, -0.1) is 11.8 Å². The molecule has 4 rings (SSSR count). The van der Waals surface area contributed by atoms with E-state index >= 15 is 0 Å². The average Bonchev–Trinajstić information content (AvgIpc) is 3.39. The van der Waals surface area contributed by atoms with Crippen molar-refractivity contribution in [1.82, 2.24) is 9.97 Å². The van der Waals surface area contributed by atoms with Crippen molar-refractivity contribution in [2.24, 2.45) is 0 Å². The first-order valence-electron chi connectivity index (χ1n) is 9.35. The van der Waals surface area contributed by atoms with Gasteiger partial charge in [0.25, 0.3) is 5.91 Å². The Morgan fingerprint density at radius 2 is 2.13 bits per heavy atom. The average molecular weight is 426 g/mol. The zero-order valence-electron chi connectivity index (χ0n) is 16.4. The maximum absolute atomic E-state index is 14.6. The first-order chi connectivity index (χ1) is 14.5. The molecule has 0 aliphatic carbocycles. The molecule has 1 fully saturated rings. The number of hydrogen-bond acceptors (Lipinski definition) is 6. The fourth-order valence-electron chi connectivity index (χ4n) is 3.37. The van der Waals surface area contributed by atoms with E-state index in [4.69, 9.17) is 4.42 Å². The number of furan rings is 1. The second-order valence-electron chi connectivity index (χ2n) is 6.76. The highest BCUT2D eigenvalue weighted by molar-refractivity contribution is 7.98. The number of carbonyl (C=O) groups excluding carboxylic acids is 2. The molecular formula is C21H19FN4O3S. The number of rotatable bonds is 5. The normalized spacial score (nSPS) is 13.7. The van der Waals surface area contributed by atoms with Gasteiger partial charge in [-0.1, -0.05) is 0 Å². The third-order valence-corrected chi connectivity index (χ3v) is 5.47. The Morgan fingerprint density at radius 3 is 2.77 bits per heavy atom. The van der Waals surface area contributed by atoms with Crippen molar-refractivity contribution in [3.8, 4) is 11.6 Å². The highest BCUT2D eigenvalue weighted by Gasteiger charge is 2.25. The number of aromatic nitrogens is 2. The van der Waals surface area contributed by atoms with E-state index in [-0.39, 0.29) is 17.3 Å². The summed E-state index contributed by atoms with van der Waals surface area (Å²) in [6.45, 7) is 2.21. The number of nitrogens with zero attached hydrogens (tertiary/aromatic N) is 3. The van der Waals surface area contributed by atoms with Crippen molar-refractivity contribution < 1.29 is 18.4 Å². The van der Waals surface area contributed by atoms with E-state index in [2.05, 4.69) is 15.3 Å². The number of halogens is 1. The molecule has 1 aliphatic heterocycles. The van der Waals surface area contributed by atoms with Gasteiger partial charge in [0.1, 0.15) is 10.8 Å². The molecule has 3 aromatic rings. The molecule has 1 N–H and O–H groups in total. The third kappa shape index (κ3) is 3.80. The summed E-state index contributed by atoms with van der Waals surface area (Å²) in [5.74, 6) is -0.195. The van der Waals surface area contributed by atoms with E-state index < -0.39 is 11.7 Å². The Balaban J connectivity index is 1.59. The van der Waals surface area contributed by atoms with Crippen molar-refractivity contribution in [2.45, 2.75) is 24.8 Å². The third-order valence-electron chi connectivity index (χ3n) is 4.79. The molecule has 3 heterocycles. The van der Waals surface area contributed by atoms with Gasteiger partial charge in [0.05, 0.1) is 23.2 Å². The van der Waals surface area contributed by atoms with Crippen LogP contribution in [0.1, 0.15) is 28.9 Å². The molecule has 154 valence electrons. The molecule has 0 saturated carbocycles. The van der Waals surface area contributed by atoms with Crippen LogP contribution in [0, 0.1) is 12.7 Å². The molecule has 2 amide bonds. The predicted octanol–water partition coefficient (Wildman–Crippen LogP) is 4.29. The monoisotopic (exact) mass is 426 g/mol. The van der Waals surface area contributed by atoms with Crippen LogP contribution in [0.15, 0.2) is 46.0 Å². The summed E-state index contributed by atoms with van der Waals surface area (Å²) in [6.07, 6.45) is 4.47. The lowest BCUT2D eigenvalue weighted by Gasteiger charge is -2.17.